The molecule has 0 spiro atoms. The average molecular weight is 1520 g/mol. The summed E-state index contributed by atoms with van der Waals surface area (Å²) < 4.78 is 20.1. The fourth-order valence-corrected chi connectivity index (χ4v) is 19.4. The zero-order chi connectivity index (χ0) is 80.3. The molecule has 0 saturated heterocycles. The Kier molecular flexibility index (Phi) is 15.9. The van der Waals surface area contributed by atoms with E-state index in [-0.39, 0.29) is 28.4 Å². The lowest BCUT2D eigenvalue weighted by atomic mass is 9.33. The van der Waals surface area contributed by atoms with Gasteiger partial charge in [0.1, 0.15) is 22.3 Å². The molecule has 0 unspecified atom stereocenters. The number of benzene rings is 15. The smallest absolute Gasteiger partial charge is 0.252 e. The molecule has 0 amide bonds. The first kappa shape index (κ1) is 71.9. The molecule has 0 saturated carbocycles. The molecular formula is C110H95BN4O2. The van der Waals surface area contributed by atoms with Crippen LogP contribution in [0.25, 0.3) is 143 Å². The number of aromatic nitrogens is 2. The van der Waals surface area contributed by atoms with Crippen LogP contribution in [-0.2, 0) is 27.1 Å². The number of nitrogens with zero attached hydrogens (tertiary/aromatic N) is 4. The molecular weight excluding hydrogens is 1420 g/mol. The maximum absolute atomic E-state index is 7.54. The Balaban J connectivity index is 0.953. The van der Waals surface area contributed by atoms with Crippen LogP contribution >= 0.6 is 0 Å². The van der Waals surface area contributed by atoms with Gasteiger partial charge < -0.3 is 27.8 Å². The number of hydrogen-bond donors (Lipinski definition) is 0. The van der Waals surface area contributed by atoms with Gasteiger partial charge in [-0.25, -0.2) is 0 Å². The monoisotopic (exact) mass is 1510 g/mol. The van der Waals surface area contributed by atoms with Crippen molar-refractivity contribution in [3.05, 3.63) is 331 Å². The van der Waals surface area contributed by atoms with Crippen LogP contribution in [0.1, 0.15) is 132 Å². The quantitative estimate of drug-likeness (QED) is 0.142. The summed E-state index contributed by atoms with van der Waals surface area (Å²) >= 11 is 0. The highest BCUT2D eigenvalue weighted by Gasteiger charge is 2.47. The number of rotatable bonds is 8. The van der Waals surface area contributed by atoms with Crippen LogP contribution in [0.4, 0.5) is 34.1 Å². The van der Waals surface area contributed by atoms with Gasteiger partial charge in [0, 0.05) is 88.7 Å². The van der Waals surface area contributed by atoms with E-state index in [9.17, 15) is 0 Å². The normalized spacial score (nSPS) is 13.4. The molecule has 4 aromatic heterocycles. The SMILES string of the molecule is CC(C)(C)c1cccc(-c2cc(C(C)(C)C)c3oc4ccccc4c3c2N2c3cc(-n4c5ccccc5c5cc(-c6ccccc6)ccc54)ccc3B3c4ccc(-n5c6ccccc6c6cc(-c7ccccc7)ccc65)cc4N(c4c(-c5cccc(C(C)(C)C)c5)cc(C(C)(C)C)c5oc6ccccc6c45)c4cc(C(C)(C)C)cc2c43)c1. The zero-order valence-electron chi connectivity index (χ0n) is 69.6. The van der Waals surface area contributed by atoms with Crippen LogP contribution in [0, 0.1) is 0 Å². The van der Waals surface area contributed by atoms with Crippen LogP contribution in [-0.4, -0.2) is 15.8 Å². The van der Waals surface area contributed by atoms with Crippen molar-refractivity contribution >= 4 is 145 Å². The Morgan fingerprint density at radius 3 is 1.03 bits per heavy atom. The first-order valence-electron chi connectivity index (χ1n) is 41.7. The maximum Gasteiger partial charge on any atom is 0.252 e. The molecule has 0 aliphatic carbocycles. The van der Waals surface area contributed by atoms with E-state index in [4.69, 9.17) is 8.83 Å². The highest BCUT2D eigenvalue weighted by Crippen LogP contribution is 2.58. The van der Waals surface area contributed by atoms with E-state index in [1.165, 1.54) is 76.9 Å². The largest absolute Gasteiger partial charge is 0.456 e. The fourth-order valence-electron chi connectivity index (χ4n) is 19.4. The molecule has 6 nitrogen and oxygen atoms in total. The number of para-hydroxylation sites is 4. The molecule has 6 heterocycles. The molecule has 0 atom stereocenters. The van der Waals surface area contributed by atoms with Gasteiger partial charge in [-0.05, 0) is 191 Å². The molecule has 2 aliphatic rings. The maximum atomic E-state index is 7.54. The molecule has 7 heteroatoms. The Bertz CT molecular complexity index is 6920. The predicted molar refractivity (Wildman–Crippen MR) is 499 cm³/mol. The van der Waals surface area contributed by atoms with E-state index in [1.807, 2.05) is 0 Å². The summed E-state index contributed by atoms with van der Waals surface area (Å²) in [6.07, 6.45) is 0. The first-order chi connectivity index (χ1) is 56.2. The van der Waals surface area contributed by atoms with E-state index < -0.39 is 5.41 Å². The van der Waals surface area contributed by atoms with E-state index >= 15 is 0 Å². The van der Waals surface area contributed by atoms with Gasteiger partial charge in [-0.3, -0.25) is 0 Å². The standard InChI is InChI=1S/C110H95BN4O2/c1-106(2,3)72-38-30-36-70(56-72)81-64-85(109(10,11)12)104-99(79-42-24-28-46-97(79)116-104)102(81)114-93-62-75(112-89-44-26-22-40-77(89)83-58-68(48-54-91(83)112)66-32-18-16-19-33-66)50-52-87(93)111-88-53-51-76(113-90-45-27-23-41-78(90)84-59-69(49-55-92(84)113)67-34-20-17-21-35-67)63-94(88)115(96-61-74(108(7,8)9)60-95(114)101(96)111)103-82(71-37-31-39-73(57-71)107(4,5)6)65-86(110(13,14)15)105-100(103)80-43-25-29-47-98(80)117-105/h16-65H,1-15H3. The van der Waals surface area contributed by atoms with Crippen molar-refractivity contribution in [3.63, 3.8) is 0 Å². The lowest BCUT2D eigenvalue weighted by Crippen LogP contribution is -2.61. The summed E-state index contributed by atoms with van der Waals surface area (Å²) in [5.41, 5.74) is 34.2. The Morgan fingerprint density at radius 1 is 0.256 bits per heavy atom. The van der Waals surface area contributed by atoms with E-state index in [0.717, 1.165) is 145 Å². The minimum Gasteiger partial charge on any atom is -0.456 e. The molecule has 0 radical (unpaired) electrons. The molecule has 2 aliphatic heterocycles. The number of furan rings is 2. The van der Waals surface area contributed by atoms with E-state index in [0.29, 0.717) is 0 Å². The van der Waals surface area contributed by atoms with Gasteiger partial charge in [0.25, 0.3) is 6.71 Å². The van der Waals surface area contributed by atoms with Crippen molar-refractivity contribution in [2.24, 2.45) is 0 Å². The van der Waals surface area contributed by atoms with Crippen molar-refractivity contribution in [3.8, 4) is 55.9 Å². The van der Waals surface area contributed by atoms with Crippen molar-refractivity contribution < 1.29 is 8.83 Å². The summed E-state index contributed by atoms with van der Waals surface area (Å²) in [5, 5.41) is 9.09. The van der Waals surface area contributed by atoms with Crippen LogP contribution in [0.3, 0.4) is 0 Å². The molecule has 21 rings (SSSR count). The van der Waals surface area contributed by atoms with Crippen LogP contribution in [0.15, 0.2) is 312 Å². The van der Waals surface area contributed by atoms with Crippen LogP contribution in [0.2, 0.25) is 0 Å². The van der Waals surface area contributed by atoms with Gasteiger partial charge in [-0.2, -0.15) is 0 Å². The Morgan fingerprint density at radius 2 is 0.624 bits per heavy atom. The van der Waals surface area contributed by atoms with E-state index in [1.54, 1.807) is 0 Å². The molecule has 0 N–H and O–H groups in total. The molecule has 0 fully saturated rings. The summed E-state index contributed by atoms with van der Waals surface area (Å²) in [6.45, 7) is 35.0. The van der Waals surface area contributed by atoms with Gasteiger partial charge >= 0.3 is 0 Å². The second-order valence-electron chi connectivity index (χ2n) is 38.1. The molecule has 0 bridgehead atoms. The number of hydrogen-bond acceptors (Lipinski definition) is 4. The van der Waals surface area contributed by atoms with Crippen molar-refractivity contribution in [2.75, 3.05) is 9.80 Å². The summed E-state index contributed by atoms with van der Waals surface area (Å²) in [4.78, 5) is 5.47. The van der Waals surface area contributed by atoms with Gasteiger partial charge in [-0.15, -0.1) is 0 Å². The average Bonchev–Trinajstić information content (AvgIpc) is 1.59. The topological polar surface area (TPSA) is 42.6 Å². The zero-order valence-corrected chi connectivity index (χ0v) is 69.6. The number of fused-ring (bicyclic) bond motifs is 16. The minimum atomic E-state index is -0.402. The Hall–Kier alpha value is -12.8. The van der Waals surface area contributed by atoms with Gasteiger partial charge in [0.05, 0.1) is 44.2 Å². The van der Waals surface area contributed by atoms with Gasteiger partial charge in [0.15, 0.2) is 0 Å². The lowest BCUT2D eigenvalue weighted by molar-refractivity contribution is 0.572. The third-order valence-corrected chi connectivity index (χ3v) is 25.4. The summed E-state index contributed by atoms with van der Waals surface area (Å²) in [6, 6.07) is 115. The lowest BCUT2D eigenvalue weighted by Gasteiger charge is -2.46. The highest BCUT2D eigenvalue weighted by molar-refractivity contribution is 7.00. The van der Waals surface area contributed by atoms with Crippen LogP contribution < -0.4 is 26.2 Å². The fraction of sp³-hybridized carbons (Fsp3) is 0.182. The molecule has 19 aromatic rings. The van der Waals surface area contributed by atoms with E-state index in [2.05, 4.69) is 426 Å². The molecule has 570 valence electrons. The van der Waals surface area contributed by atoms with Crippen molar-refractivity contribution in [1.82, 2.24) is 9.13 Å². The van der Waals surface area contributed by atoms with Crippen LogP contribution in [0.5, 0.6) is 0 Å². The predicted octanol–water partition coefficient (Wildman–Crippen LogP) is 28.9. The first-order valence-corrected chi connectivity index (χ1v) is 41.7. The van der Waals surface area contributed by atoms with Crippen molar-refractivity contribution in [2.45, 2.75) is 131 Å². The Labute approximate surface area is 686 Å². The van der Waals surface area contributed by atoms with Gasteiger partial charge in [-0.1, -0.05) is 310 Å². The molecule has 15 aromatic carbocycles. The van der Waals surface area contributed by atoms with Crippen molar-refractivity contribution in [1.29, 1.82) is 0 Å². The summed E-state index contributed by atoms with van der Waals surface area (Å²) in [7, 11) is 0. The third-order valence-electron chi connectivity index (χ3n) is 25.4. The second-order valence-corrected chi connectivity index (χ2v) is 38.1. The third kappa shape index (κ3) is 11.3. The minimum absolute atomic E-state index is 0.159. The number of anilines is 6. The molecule has 117 heavy (non-hydrogen) atoms. The second kappa shape index (κ2) is 25.8. The summed E-state index contributed by atoms with van der Waals surface area (Å²) in [5.74, 6) is 0. The van der Waals surface area contributed by atoms with Gasteiger partial charge in [0.2, 0.25) is 0 Å². The highest BCUT2D eigenvalue weighted by atomic mass is 16.3.